The maximum absolute atomic E-state index is 13.0. The minimum atomic E-state index is -4.46. The molecule has 2 heterocycles. The summed E-state index contributed by atoms with van der Waals surface area (Å²) in [6.45, 7) is 0. The lowest BCUT2D eigenvalue weighted by molar-refractivity contribution is -0.137. The number of alkyl halides is 3. The van der Waals surface area contributed by atoms with Crippen molar-refractivity contribution in [1.29, 1.82) is 5.26 Å². The third-order valence-electron chi connectivity index (χ3n) is 4.44. The lowest BCUT2D eigenvalue weighted by Gasteiger charge is -2.23. The van der Waals surface area contributed by atoms with E-state index < -0.39 is 11.7 Å². The van der Waals surface area contributed by atoms with Crippen LogP contribution in [0.4, 0.5) is 13.2 Å². The molecule has 4 rings (SSSR count). The number of benzene rings is 1. The molecule has 0 atom stereocenters. The van der Waals surface area contributed by atoms with E-state index in [9.17, 15) is 13.2 Å². The molecule has 1 aromatic carbocycles. The highest BCUT2D eigenvalue weighted by atomic mass is 19.4. The predicted molar refractivity (Wildman–Crippen MR) is 83.6 cm³/mol. The highest BCUT2D eigenvalue weighted by molar-refractivity contribution is 5.67. The zero-order chi connectivity index (χ0) is 18.3. The molecule has 0 bridgehead atoms. The van der Waals surface area contributed by atoms with E-state index in [1.54, 1.807) is 0 Å². The van der Waals surface area contributed by atoms with E-state index in [1.807, 2.05) is 6.07 Å². The first-order valence-electron chi connectivity index (χ1n) is 7.97. The van der Waals surface area contributed by atoms with Gasteiger partial charge in [-0.3, -0.25) is 0 Å². The Balaban J connectivity index is 1.83. The van der Waals surface area contributed by atoms with E-state index in [2.05, 4.69) is 20.4 Å². The van der Waals surface area contributed by atoms with E-state index in [-0.39, 0.29) is 28.8 Å². The molecule has 1 aliphatic carbocycles. The molecule has 1 fully saturated rings. The molecule has 0 aliphatic heterocycles. The second-order valence-electron chi connectivity index (χ2n) is 6.07. The monoisotopic (exact) mass is 359 g/mol. The topological polar surface area (TPSA) is 91.4 Å². The molecule has 0 radical (unpaired) electrons. The SMILES string of the molecule is N#Cc1n[nH]nc1-c1nc(-c2cccc(C(F)(F)F)c2)oc1C1CCC1. The molecule has 9 heteroatoms. The minimum absolute atomic E-state index is 0.0643. The van der Waals surface area contributed by atoms with Crippen LogP contribution >= 0.6 is 0 Å². The molecule has 1 aliphatic rings. The summed E-state index contributed by atoms with van der Waals surface area (Å²) in [6, 6.07) is 6.72. The van der Waals surface area contributed by atoms with Crippen LogP contribution in [0.15, 0.2) is 28.7 Å². The number of nitriles is 1. The molecule has 0 saturated heterocycles. The van der Waals surface area contributed by atoms with Crippen LogP contribution in [0.2, 0.25) is 0 Å². The fourth-order valence-corrected chi connectivity index (χ4v) is 2.87. The summed E-state index contributed by atoms with van der Waals surface area (Å²) in [4.78, 5) is 4.35. The highest BCUT2D eigenvalue weighted by Crippen LogP contribution is 2.43. The zero-order valence-electron chi connectivity index (χ0n) is 13.3. The van der Waals surface area contributed by atoms with Gasteiger partial charge in [0.1, 0.15) is 17.5 Å². The standard InChI is InChI=1S/C17H12F3N5O/c18-17(19,20)11-6-2-5-10(7-11)16-22-14(13-12(8-21)23-25-24-13)15(26-16)9-3-1-4-9/h2,5-7,9H,1,3-4H2,(H,23,24,25). The van der Waals surface area contributed by atoms with E-state index in [4.69, 9.17) is 9.68 Å². The molecule has 6 nitrogen and oxygen atoms in total. The lowest BCUT2D eigenvalue weighted by Crippen LogP contribution is -2.09. The van der Waals surface area contributed by atoms with Gasteiger partial charge in [-0.15, -0.1) is 5.10 Å². The summed E-state index contributed by atoms with van der Waals surface area (Å²) >= 11 is 0. The van der Waals surface area contributed by atoms with Gasteiger partial charge in [-0.05, 0) is 31.0 Å². The van der Waals surface area contributed by atoms with E-state index in [1.165, 1.54) is 12.1 Å². The Morgan fingerprint density at radius 1 is 1.19 bits per heavy atom. The summed E-state index contributed by atoms with van der Waals surface area (Å²) in [5.41, 5.74) is 0.103. The Bertz CT molecular complexity index is 994. The van der Waals surface area contributed by atoms with Gasteiger partial charge >= 0.3 is 6.18 Å². The molecular weight excluding hydrogens is 347 g/mol. The zero-order valence-corrected chi connectivity index (χ0v) is 13.3. The second kappa shape index (κ2) is 5.98. The average Bonchev–Trinajstić information content (AvgIpc) is 3.19. The van der Waals surface area contributed by atoms with Crippen molar-refractivity contribution in [3.05, 3.63) is 41.3 Å². The van der Waals surface area contributed by atoms with Gasteiger partial charge in [0.2, 0.25) is 5.89 Å². The number of H-pyrrole nitrogens is 1. The number of oxazole rings is 1. The molecule has 0 amide bonds. The first-order chi connectivity index (χ1) is 12.5. The van der Waals surface area contributed by atoms with Crippen molar-refractivity contribution in [3.63, 3.8) is 0 Å². The number of halogens is 3. The summed E-state index contributed by atoms with van der Waals surface area (Å²) in [5.74, 6) is 0.717. The molecule has 0 unspecified atom stereocenters. The molecule has 3 aromatic rings. The van der Waals surface area contributed by atoms with E-state index in [0.29, 0.717) is 11.5 Å². The van der Waals surface area contributed by atoms with Crippen molar-refractivity contribution < 1.29 is 17.6 Å². The van der Waals surface area contributed by atoms with Crippen molar-refractivity contribution >= 4 is 0 Å². The number of hydrogen-bond donors (Lipinski definition) is 1. The number of nitrogens with zero attached hydrogens (tertiary/aromatic N) is 4. The number of rotatable bonds is 3. The number of nitrogens with one attached hydrogen (secondary N) is 1. The van der Waals surface area contributed by atoms with Crippen LogP contribution in [0.5, 0.6) is 0 Å². The third kappa shape index (κ3) is 2.73. The molecule has 1 N–H and O–H groups in total. The maximum Gasteiger partial charge on any atom is 0.416 e. The van der Waals surface area contributed by atoms with Crippen LogP contribution in [0, 0.1) is 11.3 Å². The molecular formula is C17H12F3N5O. The Morgan fingerprint density at radius 2 is 2.00 bits per heavy atom. The van der Waals surface area contributed by atoms with Gasteiger partial charge < -0.3 is 4.42 Å². The molecule has 26 heavy (non-hydrogen) atoms. The summed E-state index contributed by atoms with van der Waals surface area (Å²) in [5, 5.41) is 19.3. The first kappa shape index (κ1) is 16.3. The van der Waals surface area contributed by atoms with Crippen LogP contribution in [0.1, 0.15) is 42.2 Å². The van der Waals surface area contributed by atoms with Gasteiger partial charge in [0.05, 0.1) is 5.56 Å². The van der Waals surface area contributed by atoms with Crippen molar-refractivity contribution in [2.45, 2.75) is 31.4 Å². The largest absolute Gasteiger partial charge is 0.440 e. The fourth-order valence-electron chi connectivity index (χ4n) is 2.87. The first-order valence-corrected chi connectivity index (χ1v) is 7.97. The fraction of sp³-hybridized carbons (Fsp3) is 0.294. The maximum atomic E-state index is 13.0. The van der Waals surface area contributed by atoms with Gasteiger partial charge in [0.15, 0.2) is 11.4 Å². The number of aromatic amines is 1. The van der Waals surface area contributed by atoms with Crippen LogP contribution in [0.25, 0.3) is 22.8 Å². The Kier molecular flexibility index (Phi) is 3.76. The number of aromatic nitrogens is 4. The van der Waals surface area contributed by atoms with Crippen LogP contribution in [0.3, 0.4) is 0 Å². The van der Waals surface area contributed by atoms with Gasteiger partial charge in [-0.2, -0.15) is 28.7 Å². The summed E-state index contributed by atoms with van der Waals surface area (Å²) in [6.07, 6.45) is -1.64. The molecule has 2 aromatic heterocycles. The third-order valence-corrected chi connectivity index (χ3v) is 4.44. The van der Waals surface area contributed by atoms with Gasteiger partial charge in [0, 0.05) is 11.5 Å². The highest BCUT2D eigenvalue weighted by Gasteiger charge is 2.33. The molecule has 1 saturated carbocycles. The van der Waals surface area contributed by atoms with Gasteiger partial charge in [-0.1, -0.05) is 12.5 Å². The number of hydrogen-bond acceptors (Lipinski definition) is 5. The van der Waals surface area contributed by atoms with Gasteiger partial charge in [0.25, 0.3) is 0 Å². The van der Waals surface area contributed by atoms with E-state index >= 15 is 0 Å². The Hall–Kier alpha value is -3.15. The average molecular weight is 359 g/mol. The van der Waals surface area contributed by atoms with E-state index in [0.717, 1.165) is 31.4 Å². The van der Waals surface area contributed by atoms with Crippen molar-refractivity contribution in [2.75, 3.05) is 0 Å². The summed E-state index contributed by atoms with van der Waals surface area (Å²) in [7, 11) is 0. The predicted octanol–water partition coefficient (Wildman–Crippen LogP) is 4.28. The van der Waals surface area contributed by atoms with Crippen LogP contribution < -0.4 is 0 Å². The van der Waals surface area contributed by atoms with Crippen LogP contribution in [-0.4, -0.2) is 20.4 Å². The normalized spacial score (nSPS) is 14.8. The quantitative estimate of drug-likeness (QED) is 0.753. The van der Waals surface area contributed by atoms with Crippen molar-refractivity contribution in [2.24, 2.45) is 0 Å². The minimum Gasteiger partial charge on any atom is -0.440 e. The smallest absolute Gasteiger partial charge is 0.416 e. The summed E-state index contributed by atoms with van der Waals surface area (Å²) < 4.78 is 44.7. The van der Waals surface area contributed by atoms with Crippen molar-refractivity contribution in [3.8, 4) is 28.9 Å². The Morgan fingerprint density at radius 3 is 2.65 bits per heavy atom. The molecule has 0 spiro atoms. The van der Waals surface area contributed by atoms with Gasteiger partial charge in [-0.25, -0.2) is 4.98 Å². The molecule has 132 valence electrons. The Labute approximate surface area is 145 Å². The lowest BCUT2D eigenvalue weighted by atomic mass is 9.82. The van der Waals surface area contributed by atoms with Crippen molar-refractivity contribution in [1.82, 2.24) is 20.4 Å². The second-order valence-corrected chi connectivity index (χ2v) is 6.07. The van der Waals surface area contributed by atoms with Crippen LogP contribution in [-0.2, 0) is 6.18 Å².